The summed E-state index contributed by atoms with van der Waals surface area (Å²) in [5.74, 6) is 1.49. The van der Waals surface area contributed by atoms with Gasteiger partial charge >= 0.3 is 0 Å². The van der Waals surface area contributed by atoms with Crippen molar-refractivity contribution in [3.8, 4) is 10.8 Å². The highest BCUT2D eigenvalue weighted by molar-refractivity contribution is 7.18. The molecule has 86 valence electrons. The first-order valence-corrected chi connectivity index (χ1v) is 6.07. The molecule has 0 fully saturated rings. The monoisotopic (exact) mass is 238 g/mol. The summed E-state index contributed by atoms with van der Waals surface area (Å²) in [7, 11) is 0. The van der Waals surface area contributed by atoms with E-state index in [1.807, 2.05) is 0 Å². The number of hydrogen-bond acceptors (Lipinski definition) is 6. The Kier molecular flexibility index (Phi) is 3.19. The molecule has 0 aliphatic heterocycles. The summed E-state index contributed by atoms with van der Waals surface area (Å²) < 4.78 is 5.59. The zero-order valence-corrected chi connectivity index (χ0v) is 10.1. The quantitative estimate of drug-likeness (QED) is 0.886. The summed E-state index contributed by atoms with van der Waals surface area (Å²) in [6.07, 6.45) is 3.81. The summed E-state index contributed by atoms with van der Waals surface area (Å²) in [5, 5.41) is 8.55. The number of anilines is 1. The van der Waals surface area contributed by atoms with E-state index >= 15 is 0 Å². The van der Waals surface area contributed by atoms with E-state index in [9.17, 15) is 0 Å². The maximum Gasteiger partial charge on any atom is 0.259 e. The number of aromatic nitrogens is 3. The molecule has 2 heterocycles. The Morgan fingerprint density at radius 2 is 2.31 bits per heavy atom. The van der Waals surface area contributed by atoms with Gasteiger partial charge in [-0.15, -0.1) is 10.2 Å². The SMILES string of the molecule is CCCC(C)c1nnc(-c2cnc(N)s2)o1. The summed E-state index contributed by atoms with van der Waals surface area (Å²) in [4.78, 5) is 4.77. The molecule has 0 aliphatic rings. The van der Waals surface area contributed by atoms with E-state index in [2.05, 4.69) is 29.0 Å². The average Bonchev–Trinajstić information content (AvgIpc) is 2.85. The van der Waals surface area contributed by atoms with E-state index in [4.69, 9.17) is 10.2 Å². The Hall–Kier alpha value is -1.43. The van der Waals surface area contributed by atoms with Gasteiger partial charge in [0.05, 0.1) is 6.20 Å². The van der Waals surface area contributed by atoms with Gasteiger partial charge in [-0.1, -0.05) is 31.6 Å². The van der Waals surface area contributed by atoms with Gasteiger partial charge in [-0.2, -0.15) is 0 Å². The summed E-state index contributed by atoms with van der Waals surface area (Å²) in [6.45, 7) is 4.22. The fraction of sp³-hybridized carbons (Fsp3) is 0.500. The molecule has 16 heavy (non-hydrogen) atoms. The Morgan fingerprint density at radius 3 is 2.94 bits per heavy atom. The molecule has 2 rings (SSSR count). The van der Waals surface area contributed by atoms with Gasteiger partial charge in [0.15, 0.2) is 5.13 Å². The predicted molar refractivity (Wildman–Crippen MR) is 63.1 cm³/mol. The Morgan fingerprint density at radius 1 is 1.50 bits per heavy atom. The highest BCUT2D eigenvalue weighted by Crippen LogP contribution is 2.28. The molecule has 2 aromatic heterocycles. The van der Waals surface area contributed by atoms with E-state index in [1.54, 1.807) is 6.20 Å². The van der Waals surface area contributed by atoms with E-state index in [1.165, 1.54) is 11.3 Å². The molecule has 1 unspecified atom stereocenters. The number of nitrogen functional groups attached to an aromatic ring is 1. The van der Waals surface area contributed by atoms with E-state index < -0.39 is 0 Å². The van der Waals surface area contributed by atoms with Crippen LogP contribution >= 0.6 is 11.3 Å². The van der Waals surface area contributed by atoms with Crippen LogP contribution in [0.25, 0.3) is 10.8 Å². The number of hydrogen-bond donors (Lipinski definition) is 1. The lowest BCUT2D eigenvalue weighted by atomic mass is 10.1. The van der Waals surface area contributed by atoms with Crippen molar-refractivity contribution in [2.75, 3.05) is 5.73 Å². The Labute approximate surface area is 97.7 Å². The number of nitrogens with two attached hydrogens (primary N) is 1. The van der Waals surface area contributed by atoms with Crippen molar-refractivity contribution >= 4 is 16.5 Å². The van der Waals surface area contributed by atoms with Gasteiger partial charge in [-0.3, -0.25) is 0 Å². The first-order valence-electron chi connectivity index (χ1n) is 5.25. The molecule has 0 radical (unpaired) electrons. The molecule has 0 aromatic carbocycles. The van der Waals surface area contributed by atoms with E-state index in [0.29, 0.717) is 22.8 Å². The fourth-order valence-corrected chi connectivity index (χ4v) is 2.08. The first kappa shape index (κ1) is 11.1. The van der Waals surface area contributed by atoms with Crippen molar-refractivity contribution in [1.82, 2.24) is 15.2 Å². The van der Waals surface area contributed by atoms with Crippen LogP contribution in [0.5, 0.6) is 0 Å². The smallest absolute Gasteiger partial charge is 0.259 e. The summed E-state index contributed by atoms with van der Waals surface area (Å²) >= 11 is 1.35. The van der Waals surface area contributed by atoms with Crippen molar-refractivity contribution in [3.63, 3.8) is 0 Å². The minimum atomic E-state index is 0.302. The molecule has 2 aromatic rings. The average molecular weight is 238 g/mol. The zero-order chi connectivity index (χ0) is 11.5. The lowest BCUT2D eigenvalue weighted by molar-refractivity contribution is 0.452. The highest BCUT2D eigenvalue weighted by Gasteiger charge is 2.15. The van der Waals surface area contributed by atoms with Crippen molar-refractivity contribution in [2.45, 2.75) is 32.6 Å². The molecule has 0 bridgehead atoms. The fourth-order valence-electron chi connectivity index (χ4n) is 1.48. The minimum absolute atomic E-state index is 0.302. The normalized spacial score (nSPS) is 12.9. The standard InChI is InChI=1S/C10H14N4OS/c1-3-4-6(2)8-13-14-9(15-8)7-5-12-10(11)16-7/h5-6H,3-4H2,1-2H3,(H2,11,12). The predicted octanol–water partition coefficient (Wildman–Crippen LogP) is 2.68. The Balaban J connectivity index is 2.19. The molecule has 0 amide bonds. The van der Waals surface area contributed by atoms with Gasteiger partial charge in [0, 0.05) is 5.92 Å². The van der Waals surface area contributed by atoms with Gasteiger partial charge in [0.1, 0.15) is 4.88 Å². The molecule has 6 heteroatoms. The van der Waals surface area contributed by atoms with Crippen LogP contribution in [0.1, 0.15) is 38.5 Å². The summed E-state index contributed by atoms with van der Waals surface area (Å²) in [6, 6.07) is 0. The molecule has 0 saturated carbocycles. The maximum absolute atomic E-state index is 5.59. The van der Waals surface area contributed by atoms with Crippen LogP contribution in [0.4, 0.5) is 5.13 Å². The third kappa shape index (κ3) is 2.21. The molecular formula is C10H14N4OS. The number of nitrogens with zero attached hydrogens (tertiary/aromatic N) is 3. The van der Waals surface area contributed by atoms with E-state index in [0.717, 1.165) is 17.7 Å². The van der Waals surface area contributed by atoms with Crippen LogP contribution in [0.15, 0.2) is 10.6 Å². The third-order valence-electron chi connectivity index (χ3n) is 2.32. The minimum Gasteiger partial charge on any atom is -0.420 e. The third-order valence-corrected chi connectivity index (χ3v) is 3.13. The largest absolute Gasteiger partial charge is 0.420 e. The number of rotatable bonds is 4. The molecule has 1 atom stereocenters. The molecule has 0 saturated heterocycles. The van der Waals surface area contributed by atoms with Crippen LogP contribution in [0.2, 0.25) is 0 Å². The van der Waals surface area contributed by atoms with Crippen molar-refractivity contribution < 1.29 is 4.42 Å². The maximum atomic E-state index is 5.59. The van der Waals surface area contributed by atoms with E-state index in [-0.39, 0.29) is 0 Å². The zero-order valence-electron chi connectivity index (χ0n) is 9.30. The van der Waals surface area contributed by atoms with Crippen molar-refractivity contribution in [3.05, 3.63) is 12.1 Å². The van der Waals surface area contributed by atoms with Crippen molar-refractivity contribution in [2.24, 2.45) is 0 Å². The molecule has 0 aliphatic carbocycles. The number of thiazole rings is 1. The first-order chi connectivity index (χ1) is 7.70. The lowest BCUT2D eigenvalue weighted by Gasteiger charge is -2.02. The van der Waals surface area contributed by atoms with Gasteiger partial charge in [0.2, 0.25) is 5.89 Å². The molecule has 5 nitrogen and oxygen atoms in total. The van der Waals surface area contributed by atoms with Gasteiger partial charge in [-0.25, -0.2) is 4.98 Å². The molecule has 2 N–H and O–H groups in total. The molecule has 0 spiro atoms. The summed E-state index contributed by atoms with van der Waals surface area (Å²) in [5.41, 5.74) is 5.55. The topological polar surface area (TPSA) is 77.8 Å². The second kappa shape index (κ2) is 4.61. The second-order valence-electron chi connectivity index (χ2n) is 3.70. The van der Waals surface area contributed by atoms with Crippen LogP contribution in [0.3, 0.4) is 0 Å². The second-order valence-corrected chi connectivity index (χ2v) is 4.76. The Bertz CT molecular complexity index is 465. The molecular weight excluding hydrogens is 224 g/mol. The van der Waals surface area contributed by atoms with Crippen LogP contribution < -0.4 is 5.73 Å². The lowest BCUT2D eigenvalue weighted by Crippen LogP contribution is -1.92. The highest BCUT2D eigenvalue weighted by atomic mass is 32.1. The van der Waals surface area contributed by atoms with Crippen molar-refractivity contribution in [1.29, 1.82) is 0 Å². The van der Waals surface area contributed by atoms with Crippen LogP contribution in [-0.2, 0) is 0 Å². The van der Waals surface area contributed by atoms with Gasteiger partial charge in [-0.05, 0) is 6.42 Å². The van der Waals surface area contributed by atoms with Gasteiger partial charge in [0.25, 0.3) is 5.89 Å². The van der Waals surface area contributed by atoms with Crippen LogP contribution in [-0.4, -0.2) is 15.2 Å². The van der Waals surface area contributed by atoms with Gasteiger partial charge < -0.3 is 10.2 Å². The van der Waals surface area contributed by atoms with Crippen LogP contribution in [0, 0.1) is 0 Å².